The molecule has 0 aliphatic rings. The van der Waals surface area contributed by atoms with E-state index in [9.17, 15) is 18.3 Å². The van der Waals surface area contributed by atoms with Crippen LogP contribution in [0, 0.1) is 0 Å². The van der Waals surface area contributed by atoms with E-state index in [0.717, 1.165) is 17.4 Å². The number of nitrogens with one attached hydrogen (secondary N) is 1. The van der Waals surface area contributed by atoms with Gasteiger partial charge in [0.25, 0.3) is 0 Å². The van der Waals surface area contributed by atoms with E-state index in [4.69, 9.17) is 0 Å². The Bertz CT molecular complexity index is 991. The van der Waals surface area contributed by atoms with Gasteiger partial charge in [-0.2, -0.15) is 5.10 Å². The number of aromatic amines is 1. The molecule has 2 N–H and O–H groups in total. The Kier molecular flexibility index (Phi) is 4.28. The van der Waals surface area contributed by atoms with E-state index in [0.29, 0.717) is 0 Å². The van der Waals surface area contributed by atoms with Gasteiger partial charge in [-0.3, -0.25) is 9.89 Å². The van der Waals surface area contributed by atoms with Crippen LogP contribution >= 0.6 is 11.3 Å². The van der Waals surface area contributed by atoms with E-state index in [1.54, 1.807) is 18.2 Å². The summed E-state index contributed by atoms with van der Waals surface area (Å²) in [6.45, 7) is 0. The number of benzene rings is 1. The number of aromatic nitrogens is 3. The standard InChI is InChI=1S/C15H11N3O4S2/c19-12(8-13(20)14-16-9-17-18-14)11-6-7-23-15(11)24(21,22)10-4-2-1-3-5-10/h1-9,20H,(H,16,17,18). The van der Waals surface area contributed by atoms with Crippen molar-refractivity contribution in [3.8, 4) is 0 Å². The minimum absolute atomic E-state index is 0.00839. The van der Waals surface area contributed by atoms with Gasteiger partial charge in [0.15, 0.2) is 11.5 Å². The molecule has 2 aromatic heterocycles. The van der Waals surface area contributed by atoms with Crippen molar-refractivity contribution >= 4 is 32.7 Å². The number of hydrogen-bond donors (Lipinski definition) is 2. The molecule has 0 saturated carbocycles. The second kappa shape index (κ2) is 6.38. The van der Waals surface area contributed by atoms with Crippen LogP contribution < -0.4 is 0 Å². The number of carbonyl (C=O) groups excluding carboxylic acids is 1. The number of nitrogens with zero attached hydrogens (tertiary/aromatic N) is 2. The average Bonchev–Trinajstić information content (AvgIpc) is 3.27. The molecule has 0 spiro atoms. The predicted octanol–water partition coefficient (Wildman–Crippen LogP) is 2.48. The molecule has 1 aromatic carbocycles. The van der Waals surface area contributed by atoms with Crippen LogP contribution in [0.5, 0.6) is 0 Å². The lowest BCUT2D eigenvalue weighted by atomic mass is 10.2. The van der Waals surface area contributed by atoms with Gasteiger partial charge in [-0.25, -0.2) is 13.4 Å². The maximum Gasteiger partial charge on any atom is 0.216 e. The molecule has 0 bridgehead atoms. The van der Waals surface area contributed by atoms with Crippen molar-refractivity contribution in [2.45, 2.75) is 9.10 Å². The second-order valence-corrected chi connectivity index (χ2v) is 7.72. The molecule has 2 heterocycles. The van der Waals surface area contributed by atoms with Gasteiger partial charge in [-0.1, -0.05) is 18.2 Å². The highest BCUT2D eigenvalue weighted by Gasteiger charge is 2.25. The van der Waals surface area contributed by atoms with E-state index >= 15 is 0 Å². The monoisotopic (exact) mass is 361 g/mol. The highest BCUT2D eigenvalue weighted by Crippen LogP contribution is 2.29. The van der Waals surface area contributed by atoms with E-state index in [1.165, 1.54) is 29.9 Å². The number of sulfone groups is 1. The van der Waals surface area contributed by atoms with E-state index in [1.807, 2.05) is 0 Å². The Labute approximate surface area is 141 Å². The topological polar surface area (TPSA) is 113 Å². The maximum absolute atomic E-state index is 12.7. The Morgan fingerprint density at radius 3 is 2.62 bits per heavy atom. The first kappa shape index (κ1) is 16.1. The third kappa shape index (κ3) is 2.99. The zero-order valence-electron chi connectivity index (χ0n) is 12.1. The van der Waals surface area contributed by atoms with Gasteiger partial charge in [0.1, 0.15) is 10.5 Å². The summed E-state index contributed by atoms with van der Waals surface area (Å²) in [7, 11) is -3.81. The molecule has 122 valence electrons. The summed E-state index contributed by atoms with van der Waals surface area (Å²) in [6, 6.07) is 9.25. The molecule has 24 heavy (non-hydrogen) atoms. The first-order valence-corrected chi connectivity index (χ1v) is 9.05. The SMILES string of the molecule is O=C(C=C(O)c1nc[nH]n1)c1ccsc1S(=O)(=O)c1ccccc1. The smallest absolute Gasteiger partial charge is 0.216 e. The van der Waals surface area contributed by atoms with Crippen molar-refractivity contribution < 1.29 is 18.3 Å². The molecule has 0 radical (unpaired) electrons. The normalized spacial score (nSPS) is 12.2. The number of aliphatic hydroxyl groups excluding tert-OH is 1. The summed E-state index contributed by atoms with van der Waals surface area (Å²) in [6.07, 6.45) is 2.15. The Balaban J connectivity index is 1.99. The van der Waals surface area contributed by atoms with Crippen LogP contribution in [0.25, 0.3) is 5.76 Å². The number of carbonyl (C=O) groups is 1. The van der Waals surface area contributed by atoms with Gasteiger partial charge in [0, 0.05) is 6.08 Å². The molecule has 3 aromatic rings. The lowest BCUT2D eigenvalue weighted by Crippen LogP contribution is -2.06. The molecule has 0 fully saturated rings. The minimum Gasteiger partial charge on any atom is -0.504 e. The van der Waals surface area contributed by atoms with Crippen molar-refractivity contribution in [1.82, 2.24) is 15.2 Å². The van der Waals surface area contributed by atoms with E-state index in [2.05, 4.69) is 15.2 Å². The molecule has 0 aliphatic heterocycles. The van der Waals surface area contributed by atoms with Crippen LogP contribution in [0.1, 0.15) is 16.2 Å². The van der Waals surface area contributed by atoms with Crippen LogP contribution in [-0.2, 0) is 9.84 Å². The van der Waals surface area contributed by atoms with Crippen molar-refractivity contribution in [3.05, 3.63) is 65.6 Å². The van der Waals surface area contributed by atoms with Crippen LogP contribution in [0.4, 0.5) is 0 Å². The molecule has 0 amide bonds. The van der Waals surface area contributed by atoms with E-state index < -0.39 is 21.4 Å². The van der Waals surface area contributed by atoms with Gasteiger partial charge < -0.3 is 5.11 Å². The fourth-order valence-electron chi connectivity index (χ4n) is 1.99. The van der Waals surface area contributed by atoms with Gasteiger partial charge in [-0.05, 0) is 23.6 Å². The molecule has 9 heteroatoms. The highest BCUT2D eigenvalue weighted by atomic mass is 32.2. The summed E-state index contributed by atoms with van der Waals surface area (Å²) >= 11 is 0.947. The molecular formula is C15H11N3O4S2. The zero-order valence-corrected chi connectivity index (χ0v) is 13.7. The molecular weight excluding hydrogens is 350 g/mol. The van der Waals surface area contributed by atoms with Crippen molar-refractivity contribution in [1.29, 1.82) is 0 Å². The Morgan fingerprint density at radius 2 is 1.96 bits per heavy atom. The van der Waals surface area contributed by atoms with Gasteiger partial charge in [0.2, 0.25) is 15.7 Å². The average molecular weight is 361 g/mol. The fraction of sp³-hybridized carbons (Fsp3) is 0. The number of hydrogen-bond acceptors (Lipinski definition) is 7. The largest absolute Gasteiger partial charge is 0.504 e. The van der Waals surface area contributed by atoms with Gasteiger partial charge in [0.05, 0.1) is 10.5 Å². The Morgan fingerprint density at radius 1 is 1.21 bits per heavy atom. The second-order valence-electron chi connectivity index (χ2n) is 4.65. The molecule has 0 saturated heterocycles. The van der Waals surface area contributed by atoms with Crippen molar-refractivity contribution in [3.63, 3.8) is 0 Å². The quantitative estimate of drug-likeness (QED) is 0.410. The summed E-state index contributed by atoms with van der Waals surface area (Å²) < 4.78 is 25.3. The highest BCUT2D eigenvalue weighted by molar-refractivity contribution is 7.93. The van der Waals surface area contributed by atoms with Gasteiger partial charge >= 0.3 is 0 Å². The van der Waals surface area contributed by atoms with Gasteiger partial charge in [-0.15, -0.1) is 11.3 Å². The molecule has 3 rings (SSSR count). The molecule has 0 atom stereocenters. The number of thiophene rings is 1. The molecule has 0 aliphatic carbocycles. The third-order valence-corrected chi connectivity index (χ3v) is 6.36. The third-order valence-electron chi connectivity index (χ3n) is 3.10. The summed E-state index contributed by atoms with van der Waals surface area (Å²) in [5.41, 5.74) is -0.00839. The molecule has 0 unspecified atom stereocenters. The minimum atomic E-state index is -3.81. The van der Waals surface area contributed by atoms with E-state index in [-0.39, 0.29) is 20.5 Å². The maximum atomic E-state index is 12.7. The first-order chi connectivity index (χ1) is 11.5. The number of ketones is 1. The van der Waals surface area contributed by atoms with Crippen LogP contribution in [-0.4, -0.2) is 34.5 Å². The Hall–Kier alpha value is -2.78. The first-order valence-electron chi connectivity index (χ1n) is 6.69. The number of allylic oxidation sites excluding steroid dienone is 1. The number of rotatable bonds is 5. The summed E-state index contributed by atoms with van der Waals surface area (Å²) in [5.74, 6) is -1.14. The number of aliphatic hydroxyl groups is 1. The zero-order chi connectivity index (χ0) is 17.2. The summed E-state index contributed by atoms with van der Waals surface area (Å²) in [4.78, 5) is 16.2. The van der Waals surface area contributed by atoms with Crippen molar-refractivity contribution in [2.75, 3.05) is 0 Å². The number of H-pyrrole nitrogens is 1. The van der Waals surface area contributed by atoms with Crippen LogP contribution in [0.2, 0.25) is 0 Å². The molecule has 7 nitrogen and oxygen atoms in total. The van der Waals surface area contributed by atoms with Crippen LogP contribution in [0.3, 0.4) is 0 Å². The lowest BCUT2D eigenvalue weighted by Gasteiger charge is -2.04. The van der Waals surface area contributed by atoms with Crippen molar-refractivity contribution in [2.24, 2.45) is 0 Å². The lowest BCUT2D eigenvalue weighted by molar-refractivity contribution is 0.104. The fourth-order valence-corrected chi connectivity index (χ4v) is 4.76. The predicted molar refractivity (Wildman–Crippen MR) is 87.5 cm³/mol. The summed E-state index contributed by atoms with van der Waals surface area (Å²) in [5, 5.41) is 17.4. The van der Waals surface area contributed by atoms with Crippen LogP contribution in [0.15, 0.2) is 63.3 Å².